The molecule has 82 valence electrons. The fourth-order valence-electron chi connectivity index (χ4n) is 2.09. The van der Waals surface area contributed by atoms with E-state index in [0.717, 1.165) is 21.4 Å². The van der Waals surface area contributed by atoms with Crippen LogP contribution < -0.4 is 0 Å². The van der Waals surface area contributed by atoms with Gasteiger partial charge in [-0.15, -0.1) is 0 Å². The van der Waals surface area contributed by atoms with Gasteiger partial charge in [-0.25, -0.2) is 0 Å². The van der Waals surface area contributed by atoms with E-state index in [4.69, 9.17) is 9.26 Å². The summed E-state index contributed by atoms with van der Waals surface area (Å²) in [5.41, 5.74) is 0. The maximum absolute atomic E-state index is 5.48. The largest absolute Gasteiger partial charge is 0.373 e. The second-order valence-corrected chi connectivity index (χ2v) is 5.78. The lowest BCUT2D eigenvalue weighted by molar-refractivity contribution is 0.0833. The minimum Gasteiger partial charge on any atom is -0.373 e. The van der Waals surface area contributed by atoms with Crippen LogP contribution in [0.15, 0.2) is 0 Å². The molecule has 6 atom stereocenters. The van der Waals surface area contributed by atoms with E-state index in [0.29, 0.717) is 18.2 Å². The molecule has 2 aliphatic rings. The standard InChI is InChI=1S/C8H18NO2P3/c12-11-8-2-1-3-9(14-13)7(8)4-6-5-10-6/h6-8,14H,1-5,12-13H2/t6?,7-,8+/m1/s1. The molecule has 14 heavy (non-hydrogen) atoms. The van der Waals surface area contributed by atoms with Gasteiger partial charge >= 0.3 is 0 Å². The maximum Gasteiger partial charge on any atom is 0.0826 e. The van der Waals surface area contributed by atoms with Crippen molar-refractivity contribution in [1.29, 1.82) is 0 Å². The first kappa shape index (κ1) is 11.6. The third-order valence-electron chi connectivity index (χ3n) is 2.96. The first-order valence-corrected chi connectivity index (χ1v) is 8.28. The lowest BCUT2D eigenvalue weighted by Gasteiger charge is -2.39. The van der Waals surface area contributed by atoms with Gasteiger partial charge in [0, 0.05) is 22.1 Å². The summed E-state index contributed by atoms with van der Waals surface area (Å²) in [6.07, 6.45) is 4.46. The zero-order chi connectivity index (χ0) is 9.97. The first-order chi connectivity index (χ1) is 6.85. The van der Waals surface area contributed by atoms with Crippen LogP contribution >= 0.6 is 26.8 Å². The molecule has 2 fully saturated rings. The quantitative estimate of drug-likeness (QED) is 0.564. The Kier molecular flexibility index (Phi) is 4.56. The summed E-state index contributed by atoms with van der Waals surface area (Å²) >= 11 is 0. The monoisotopic (exact) mass is 253 g/mol. The first-order valence-electron chi connectivity index (χ1n) is 5.05. The van der Waals surface area contributed by atoms with Gasteiger partial charge in [0.15, 0.2) is 0 Å². The number of nitrogens with zero attached hydrogens (tertiary/aromatic N) is 1. The molecule has 0 saturated carbocycles. The zero-order valence-corrected chi connectivity index (χ0v) is 11.5. The lowest BCUT2D eigenvalue weighted by Crippen LogP contribution is -2.44. The molecule has 0 aromatic rings. The Bertz CT molecular complexity index is 179. The van der Waals surface area contributed by atoms with Gasteiger partial charge in [0.25, 0.3) is 0 Å². The van der Waals surface area contributed by atoms with Crippen LogP contribution in [0.25, 0.3) is 0 Å². The molecule has 2 aliphatic heterocycles. The van der Waals surface area contributed by atoms with Crippen molar-refractivity contribution in [2.75, 3.05) is 13.2 Å². The number of piperidine rings is 1. The summed E-state index contributed by atoms with van der Waals surface area (Å²) < 4.78 is 13.3. The highest BCUT2D eigenvalue weighted by atomic mass is 32.0. The van der Waals surface area contributed by atoms with Crippen LogP contribution in [0.3, 0.4) is 0 Å². The average molecular weight is 253 g/mol. The highest BCUT2D eigenvalue weighted by Crippen LogP contribution is 2.38. The Morgan fingerprint density at radius 1 is 1.57 bits per heavy atom. The van der Waals surface area contributed by atoms with Crippen LogP contribution in [0.5, 0.6) is 0 Å². The van der Waals surface area contributed by atoms with Crippen LogP contribution in [0.2, 0.25) is 0 Å². The van der Waals surface area contributed by atoms with Crippen molar-refractivity contribution in [3.63, 3.8) is 0 Å². The molecule has 0 spiro atoms. The second kappa shape index (κ2) is 5.48. The molecule has 6 heteroatoms. The van der Waals surface area contributed by atoms with Crippen molar-refractivity contribution in [2.45, 2.75) is 37.5 Å². The predicted molar refractivity (Wildman–Crippen MR) is 66.7 cm³/mol. The van der Waals surface area contributed by atoms with Crippen LogP contribution in [-0.2, 0) is 9.26 Å². The molecule has 0 N–H and O–H groups in total. The Morgan fingerprint density at radius 2 is 2.36 bits per heavy atom. The van der Waals surface area contributed by atoms with Gasteiger partial charge < -0.3 is 9.26 Å². The van der Waals surface area contributed by atoms with E-state index in [-0.39, 0.29) is 0 Å². The summed E-state index contributed by atoms with van der Waals surface area (Å²) in [4.78, 5) is 0. The summed E-state index contributed by atoms with van der Waals surface area (Å²) in [6.45, 7) is 2.16. The smallest absolute Gasteiger partial charge is 0.0826 e. The average Bonchev–Trinajstić information content (AvgIpc) is 3.02. The normalized spacial score (nSPS) is 39.4. The Morgan fingerprint density at radius 3 is 2.93 bits per heavy atom. The number of rotatable bonds is 4. The van der Waals surface area contributed by atoms with E-state index in [9.17, 15) is 0 Å². The van der Waals surface area contributed by atoms with Gasteiger partial charge in [0.1, 0.15) is 0 Å². The van der Waals surface area contributed by atoms with Crippen molar-refractivity contribution in [3.8, 4) is 0 Å². The fraction of sp³-hybridized carbons (Fsp3) is 1.00. The number of epoxide rings is 1. The van der Waals surface area contributed by atoms with E-state index < -0.39 is 0 Å². The Hall–Kier alpha value is 1.17. The lowest BCUT2D eigenvalue weighted by atomic mass is 9.97. The third-order valence-corrected chi connectivity index (χ3v) is 5.20. The number of hydrogen-bond donors (Lipinski definition) is 0. The molecular weight excluding hydrogens is 235 g/mol. The van der Waals surface area contributed by atoms with Gasteiger partial charge in [0.2, 0.25) is 0 Å². The number of ether oxygens (including phenoxy) is 1. The highest BCUT2D eigenvalue weighted by Gasteiger charge is 2.36. The van der Waals surface area contributed by atoms with Gasteiger partial charge in [-0.2, -0.15) is 0 Å². The Balaban J connectivity index is 1.94. The molecule has 2 saturated heterocycles. The fourth-order valence-corrected chi connectivity index (χ4v) is 4.12. The van der Waals surface area contributed by atoms with Crippen LogP contribution in [0.1, 0.15) is 19.3 Å². The second-order valence-electron chi connectivity index (χ2n) is 3.90. The third kappa shape index (κ3) is 2.85. The summed E-state index contributed by atoms with van der Waals surface area (Å²) in [5.74, 6) is 0. The van der Waals surface area contributed by atoms with Crippen molar-refractivity contribution in [1.82, 2.24) is 4.67 Å². The highest BCUT2D eigenvalue weighted by molar-refractivity contribution is 8.01. The van der Waals surface area contributed by atoms with Crippen molar-refractivity contribution >= 4 is 26.8 Å². The van der Waals surface area contributed by atoms with Crippen LogP contribution in [0.4, 0.5) is 0 Å². The maximum atomic E-state index is 5.48. The van der Waals surface area contributed by atoms with Crippen LogP contribution in [0, 0.1) is 0 Å². The van der Waals surface area contributed by atoms with Gasteiger partial charge in [0.05, 0.1) is 18.8 Å². The molecule has 4 unspecified atom stereocenters. The van der Waals surface area contributed by atoms with E-state index in [1.54, 1.807) is 0 Å². The SMILES string of the molecule is PO[C@H]1CCCN(PP)[C@@H]1CC1CO1. The summed E-state index contributed by atoms with van der Waals surface area (Å²) in [6, 6.07) is 0.560. The molecule has 3 nitrogen and oxygen atoms in total. The molecule has 0 amide bonds. The molecule has 0 bridgehead atoms. The molecule has 0 radical (unpaired) electrons. The minimum atomic E-state index is 0.381. The molecule has 2 rings (SSSR count). The van der Waals surface area contributed by atoms with Crippen molar-refractivity contribution in [2.24, 2.45) is 0 Å². The number of hydrogen-bond acceptors (Lipinski definition) is 3. The molecular formula is C8H18NO2P3. The molecule has 2 heterocycles. The molecule has 0 aromatic carbocycles. The topological polar surface area (TPSA) is 25.0 Å². The van der Waals surface area contributed by atoms with Crippen LogP contribution in [-0.4, -0.2) is 36.1 Å². The Labute approximate surface area is 91.9 Å². The van der Waals surface area contributed by atoms with Gasteiger partial charge in [-0.3, -0.25) is 4.67 Å². The van der Waals surface area contributed by atoms with E-state index in [1.165, 1.54) is 19.4 Å². The van der Waals surface area contributed by atoms with Gasteiger partial charge in [-0.1, -0.05) is 8.93 Å². The minimum absolute atomic E-state index is 0.381. The van der Waals surface area contributed by atoms with Crippen molar-refractivity contribution < 1.29 is 9.26 Å². The van der Waals surface area contributed by atoms with E-state index in [1.807, 2.05) is 0 Å². The molecule has 0 aromatic heterocycles. The molecule has 0 aliphatic carbocycles. The zero-order valence-electron chi connectivity index (χ0n) is 8.19. The van der Waals surface area contributed by atoms with Gasteiger partial charge in [-0.05, 0) is 27.7 Å². The predicted octanol–water partition coefficient (Wildman–Crippen LogP) is 1.80. The van der Waals surface area contributed by atoms with E-state index >= 15 is 0 Å². The van der Waals surface area contributed by atoms with E-state index in [2.05, 4.69) is 23.1 Å². The summed E-state index contributed by atoms with van der Waals surface area (Å²) in [7, 11) is 6.07. The van der Waals surface area contributed by atoms with Crippen molar-refractivity contribution in [3.05, 3.63) is 0 Å². The summed E-state index contributed by atoms with van der Waals surface area (Å²) in [5, 5.41) is 0.